The quantitative estimate of drug-likeness (QED) is 0.854. The van der Waals surface area contributed by atoms with Crippen LogP contribution in [-0.4, -0.2) is 55.0 Å². The summed E-state index contributed by atoms with van der Waals surface area (Å²) >= 11 is 0. The topological polar surface area (TPSA) is 50.8 Å². The second-order valence-corrected chi connectivity index (χ2v) is 7.25. The number of hydrogen-bond acceptors (Lipinski definition) is 4. The number of carbonyl (C=O) groups is 1. The zero-order valence-corrected chi connectivity index (χ0v) is 13.5. The highest BCUT2D eigenvalue weighted by Crippen LogP contribution is 2.39. The van der Waals surface area contributed by atoms with Gasteiger partial charge in [0.05, 0.1) is 24.9 Å². The number of nitrogens with zero attached hydrogens (tertiary/aromatic N) is 1. The Morgan fingerprint density at radius 2 is 2.10 bits per heavy atom. The Labute approximate surface area is 127 Å². The van der Waals surface area contributed by atoms with Gasteiger partial charge in [0.2, 0.25) is 5.91 Å². The summed E-state index contributed by atoms with van der Waals surface area (Å²) in [5.74, 6) is 0.673. The molecule has 3 aliphatic rings. The molecule has 3 fully saturated rings. The van der Waals surface area contributed by atoms with Gasteiger partial charge >= 0.3 is 0 Å². The predicted octanol–water partition coefficient (Wildman–Crippen LogP) is 1.52. The summed E-state index contributed by atoms with van der Waals surface area (Å²) in [7, 11) is 1.73. The highest BCUT2D eigenvalue weighted by molar-refractivity contribution is 5.89. The maximum absolute atomic E-state index is 13.1. The lowest BCUT2D eigenvalue weighted by molar-refractivity contribution is -0.138. The van der Waals surface area contributed by atoms with Crippen LogP contribution in [0.4, 0.5) is 0 Å². The summed E-state index contributed by atoms with van der Waals surface area (Å²) in [6, 6.07) is 0. The molecule has 2 saturated heterocycles. The molecule has 21 heavy (non-hydrogen) atoms. The van der Waals surface area contributed by atoms with Crippen LogP contribution in [0.25, 0.3) is 0 Å². The van der Waals surface area contributed by atoms with E-state index in [2.05, 4.69) is 19.2 Å². The summed E-state index contributed by atoms with van der Waals surface area (Å²) in [6.45, 7) is 6.30. The third-order valence-electron chi connectivity index (χ3n) is 5.48. The molecule has 0 radical (unpaired) electrons. The Morgan fingerprint density at radius 3 is 2.62 bits per heavy atom. The van der Waals surface area contributed by atoms with Gasteiger partial charge in [0.1, 0.15) is 5.60 Å². The fourth-order valence-electron chi connectivity index (χ4n) is 4.11. The molecule has 5 heteroatoms. The molecule has 0 aromatic carbocycles. The summed E-state index contributed by atoms with van der Waals surface area (Å²) in [6.07, 6.45) is 5.23. The van der Waals surface area contributed by atoms with Crippen molar-refractivity contribution in [2.45, 2.75) is 63.3 Å². The second-order valence-electron chi connectivity index (χ2n) is 7.25. The minimum absolute atomic E-state index is 0.114. The van der Waals surface area contributed by atoms with E-state index in [1.165, 1.54) is 0 Å². The third kappa shape index (κ3) is 2.49. The first-order chi connectivity index (χ1) is 10.0. The van der Waals surface area contributed by atoms with Gasteiger partial charge in [-0.3, -0.25) is 10.1 Å². The van der Waals surface area contributed by atoms with Gasteiger partial charge in [-0.25, -0.2) is 0 Å². The number of carbonyl (C=O) groups excluding carboxylic acids is 1. The van der Waals surface area contributed by atoms with E-state index in [4.69, 9.17) is 9.47 Å². The predicted molar refractivity (Wildman–Crippen MR) is 79.8 cm³/mol. The van der Waals surface area contributed by atoms with Gasteiger partial charge in [-0.1, -0.05) is 26.7 Å². The lowest BCUT2D eigenvalue weighted by atomic mass is 9.97. The van der Waals surface area contributed by atoms with Crippen LogP contribution < -0.4 is 5.32 Å². The molecule has 0 aromatic rings. The van der Waals surface area contributed by atoms with Crippen LogP contribution in [0.15, 0.2) is 0 Å². The van der Waals surface area contributed by atoms with Crippen molar-refractivity contribution in [2.24, 2.45) is 5.92 Å². The molecule has 1 amide bonds. The Balaban J connectivity index is 1.82. The van der Waals surface area contributed by atoms with Gasteiger partial charge in [0.15, 0.2) is 0 Å². The van der Waals surface area contributed by atoms with E-state index in [0.717, 1.165) is 38.7 Å². The number of nitrogens with one attached hydrogen (secondary N) is 1. The minimum atomic E-state index is -0.325. The number of amides is 1. The molecule has 1 saturated carbocycles. The molecule has 1 N–H and O–H groups in total. The van der Waals surface area contributed by atoms with Crippen LogP contribution in [-0.2, 0) is 14.3 Å². The van der Waals surface area contributed by atoms with Crippen LogP contribution in [0, 0.1) is 5.92 Å². The van der Waals surface area contributed by atoms with Crippen LogP contribution >= 0.6 is 0 Å². The molecule has 2 atom stereocenters. The Bertz CT molecular complexity index is 398. The Hall–Kier alpha value is -0.650. The molecule has 2 heterocycles. The SMILES string of the molecule is COC1(CN2C(=O)C3(CCCC3)NC2C(C)C)CCOC1. The van der Waals surface area contributed by atoms with Gasteiger partial charge in [-0.2, -0.15) is 0 Å². The summed E-state index contributed by atoms with van der Waals surface area (Å²) in [5.41, 5.74) is -0.627. The fraction of sp³-hybridized carbons (Fsp3) is 0.938. The lowest BCUT2D eigenvalue weighted by Gasteiger charge is -2.35. The number of rotatable bonds is 4. The van der Waals surface area contributed by atoms with Gasteiger partial charge in [-0.15, -0.1) is 0 Å². The average Bonchev–Trinajstić information content (AvgIpc) is 3.17. The van der Waals surface area contributed by atoms with Crippen molar-refractivity contribution in [3.05, 3.63) is 0 Å². The molecule has 5 nitrogen and oxygen atoms in total. The van der Waals surface area contributed by atoms with E-state index in [1.54, 1.807) is 7.11 Å². The lowest BCUT2D eigenvalue weighted by Crippen LogP contribution is -2.51. The molecule has 3 rings (SSSR count). The van der Waals surface area contributed by atoms with Crippen molar-refractivity contribution in [3.8, 4) is 0 Å². The van der Waals surface area contributed by atoms with Crippen molar-refractivity contribution in [2.75, 3.05) is 26.9 Å². The molecule has 2 aliphatic heterocycles. The molecule has 0 aromatic heterocycles. The maximum Gasteiger partial charge on any atom is 0.244 e. The average molecular weight is 296 g/mol. The Morgan fingerprint density at radius 1 is 1.38 bits per heavy atom. The molecule has 120 valence electrons. The highest BCUT2D eigenvalue weighted by Gasteiger charge is 2.54. The van der Waals surface area contributed by atoms with Crippen molar-refractivity contribution >= 4 is 5.91 Å². The second kappa shape index (κ2) is 5.52. The molecular formula is C16H28N2O3. The summed E-state index contributed by atoms with van der Waals surface area (Å²) in [4.78, 5) is 15.1. The maximum atomic E-state index is 13.1. The van der Waals surface area contributed by atoms with Gasteiger partial charge < -0.3 is 14.4 Å². The van der Waals surface area contributed by atoms with E-state index in [9.17, 15) is 4.79 Å². The highest BCUT2D eigenvalue weighted by atomic mass is 16.5. The molecule has 1 spiro atoms. The van der Waals surface area contributed by atoms with Crippen LogP contribution in [0.1, 0.15) is 46.0 Å². The van der Waals surface area contributed by atoms with Gasteiger partial charge in [0.25, 0.3) is 0 Å². The monoisotopic (exact) mass is 296 g/mol. The van der Waals surface area contributed by atoms with E-state index in [-0.39, 0.29) is 23.2 Å². The number of hydrogen-bond donors (Lipinski definition) is 1. The smallest absolute Gasteiger partial charge is 0.244 e. The summed E-state index contributed by atoms with van der Waals surface area (Å²) in [5, 5.41) is 3.66. The van der Waals surface area contributed by atoms with Crippen molar-refractivity contribution in [3.63, 3.8) is 0 Å². The number of methoxy groups -OCH3 is 1. The van der Waals surface area contributed by atoms with Crippen molar-refractivity contribution < 1.29 is 14.3 Å². The first kappa shape index (κ1) is 15.3. The zero-order valence-electron chi connectivity index (χ0n) is 13.5. The van der Waals surface area contributed by atoms with Gasteiger partial charge in [-0.05, 0) is 18.8 Å². The molecule has 0 bridgehead atoms. The minimum Gasteiger partial charge on any atom is -0.378 e. The van der Waals surface area contributed by atoms with E-state index >= 15 is 0 Å². The molecule has 2 unspecified atom stereocenters. The fourth-order valence-corrected chi connectivity index (χ4v) is 4.11. The normalized spacial score (nSPS) is 35.5. The van der Waals surface area contributed by atoms with E-state index in [1.807, 2.05) is 4.90 Å². The zero-order chi connectivity index (χ0) is 15.1. The standard InChI is InChI=1S/C16H28N2O3/c1-12(2)13-17-16(6-4-5-7-16)14(19)18(13)10-15(20-3)8-9-21-11-15/h12-13,17H,4-11H2,1-3H3. The molecule has 1 aliphatic carbocycles. The third-order valence-corrected chi connectivity index (χ3v) is 5.48. The largest absolute Gasteiger partial charge is 0.378 e. The Kier molecular flexibility index (Phi) is 4.01. The summed E-state index contributed by atoms with van der Waals surface area (Å²) < 4.78 is 11.3. The van der Waals surface area contributed by atoms with Crippen LogP contribution in [0.3, 0.4) is 0 Å². The number of ether oxygens (including phenoxy) is 2. The molecular weight excluding hydrogens is 268 g/mol. The van der Waals surface area contributed by atoms with E-state index in [0.29, 0.717) is 19.1 Å². The van der Waals surface area contributed by atoms with E-state index < -0.39 is 0 Å². The van der Waals surface area contributed by atoms with Crippen molar-refractivity contribution in [1.29, 1.82) is 0 Å². The first-order valence-corrected chi connectivity index (χ1v) is 8.24. The first-order valence-electron chi connectivity index (χ1n) is 8.24. The van der Waals surface area contributed by atoms with Crippen LogP contribution in [0.2, 0.25) is 0 Å². The van der Waals surface area contributed by atoms with Crippen LogP contribution in [0.5, 0.6) is 0 Å². The van der Waals surface area contributed by atoms with Gasteiger partial charge in [0, 0.05) is 20.1 Å². The van der Waals surface area contributed by atoms with Crippen molar-refractivity contribution in [1.82, 2.24) is 10.2 Å².